The van der Waals surface area contributed by atoms with Crippen molar-refractivity contribution in [1.82, 2.24) is 5.32 Å². The number of amides is 1. The van der Waals surface area contributed by atoms with Crippen molar-refractivity contribution in [2.75, 3.05) is 0 Å². The first-order valence-electron chi connectivity index (χ1n) is 7.98. The van der Waals surface area contributed by atoms with Crippen LogP contribution in [-0.4, -0.2) is 11.1 Å². The van der Waals surface area contributed by atoms with E-state index in [-0.39, 0.29) is 5.91 Å². The molecule has 0 atom stereocenters. The number of nitrogens with one attached hydrogen (secondary N) is 1. The summed E-state index contributed by atoms with van der Waals surface area (Å²) >= 11 is 10.8. The highest BCUT2D eigenvalue weighted by atomic mass is 79.9. The van der Waals surface area contributed by atoms with Crippen molar-refractivity contribution in [3.05, 3.63) is 80.8 Å². The molecule has 0 aliphatic carbocycles. The second-order valence-corrected chi connectivity index (χ2v) is 8.00. The molecule has 0 bridgehead atoms. The number of nitrogens with zero attached hydrogens (tertiary/aromatic N) is 1. The number of halogens is 2. The maximum Gasteiger partial charge on any atom is 0.264 e. The number of thioether (sulfide) groups is 1. The standard InChI is InChI=1S/C20H12BrClN2O2S/c21-13-5-3-4-12(10-13)17-9-8-14(26-17)11-18-19(25)24-20(27-18)23-16-7-2-1-6-15(16)22/h1-11H,(H,23,24,25)/b18-11-. The predicted molar refractivity (Wildman–Crippen MR) is 114 cm³/mol. The topological polar surface area (TPSA) is 54.6 Å². The molecule has 1 aliphatic heterocycles. The molecule has 0 radical (unpaired) electrons. The molecular weight excluding hydrogens is 448 g/mol. The highest BCUT2D eigenvalue weighted by Crippen LogP contribution is 2.32. The quantitative estimate of drug-likeness (QED) is 0.471. The Morgan fingerprint density at radius 1 is 1.11 bits per heavy atom. The first-order chi connectivity index (χ1) is 13.1. The van der Waals surface area contributed by atoms with Crippen LogP contribution in [-0.2, 0) is 4.79 Å². The second-order valence-electron chi connectivity index (χ2n) is 5.65. The average molecular weight is 460 g/mol. The Balaban J connectivity index is 1.56. The zero-order chi connectivity index (χ0) is 18.8. The van der Waals surface area contributed by atoms with E-state index >= 15 is 0 Å². The number of para-hydroxylation sites is 1. The Labute approximate surface area is 173 Å². The molecule has 1 saturated heterocycles. The third-order valence-corrected chi connectivity index (χ3v) is 5.46. The molecule has 1 fully saturated rings. The van der Waals surface area contributed by atoms with Crippen LogP contribution in [0.4, 0.5) is 5.69 Å². The summed E-state index contributed by atoms with van der Waals surface area (Å²) in [6.07, 6.45) is 1.70. The lowest BCUT2D eigenvalue weighted by Gasteiger charge is -1.98. The van der Waals surface area contributed by atoms with Gasteiger partial charge in [0.25, 0.3) is 5.91 Å². The average Bonchev–Trinajstić information content (AvgIpc) is 3.24. The van der Waals surface area contributed by atoms with Gasteiger partial charge in [0.1, 0.15) is 11.5 Å². The van der Waals surface area contributed by atoms with Crippen LogP contribution >= 0.6 is 39.3 Å². The van der Waals surface area contributed by atoms with Gasteiger partial charge in [-0.1, -0.05) is 51.8 Å². The number of carbonyl (C=O) groups is 1. The molecule has 4 rings (SSSR count). The van der Waals surface area contributed by atoms with Crippen LogP contribution < -0.4 is 5.32 Å². The maximum absolute atomic E-state index is 12.2. The fourth-order valence-corrected chi connectivity index (χ4v) is 3.88. The zero-order valence-corrected chi connectivity index (χ0v) is 16.9. The van der Waals surface area contributed by atoms with Crippen molar-refractivity contribution < 1.29 is 9.21 Å². The van der Waals surface area contributed by atoms with Gasteiger partial charge in [-0.25, -0.2) is 4.99 Å². The van der Waals surface area contributed by atoms with Crippen LogP contribution in [0.2, 0.25) is 5.02 Å². The first-order valence-corrected chi connectivity index (χ1v) is 9.97. The Morgan fingerprint density at radius 3 is 2.78 bits per heavy atom. The monoisotopic (exact) mass is 458 g/mol. The lowest BCUT2D eigenvalue weighted by molar-refractivity contribution is -0.115. The summed E-state index contributed by atoms with van der Waals surface area (Å²) < 4.78 is 6.83. The molecule has 2 aromatic carbocycles. The summed E-state index contributed by atoms with van der Waals surface area (Å²) in [7, 11) is 0. The molecule has 3 aromatic rings. The van der Waals surface area contributed by atoms with Gasteiger partial charge < -0.3 is 9.73 Å². The van der Waals surface area contributed by atoms with Gasteiger partial charge in [-0.05, 0) is 48.2 Å². The third-order valence-electron chi connectivity index (χ3n) is 3.73. The molecule has 134 valence electrons. The molecule has 1 aliphatic rings. The first kappa shape index (κ1) is 18.1. The lowest BCUT2D eigenvalue weighted by atomic mass is 10.2. The summed E-state index contributed by atoms with van der Waals surface area (Å²) in [5.41, 5.74) is 1.57. The molecule has 1 amide bonds. The third kappa shape index (κ3) is 4.18. The molecule has 4 nitrogen and oxygen atoms in total. The number of aliphatic imine (C=N–C) groups is 1. The summed E-state index contributed by atoms with van der Waals surface area (Å²) in [5.74, 6) is 1.12. The number of rotatable bonds is 3. The van der Waals surface area contributed by atoms with Gasteiger partial charge in [0.05, 0.1) is 15.6 Å². The smallest absolute Gasteiger partial charge is 0.264 e. The zero-order valence-electron chi connectivity index (χ0n) is 13.8. The molecule has 1 aromatic heterocycles. The van der Waals surface area contributed by atoms with Crippen molar-refractivity contribution >= 4 is 62.1 Å². The van der Waals surface area contributed by atoms with E-state index in [9.17, 15) is 4.79 Å². The highest BCUT2D eigenvalue weighted by Gasteiger charge is 2.24. The highest BCUT2D eigenvalue weighted by molar-refractivity contribution is 9.10. The van der Waals surface area contributed by atoms with Crippen LogP contribution in [0, 0.1) is 0 Å². The Bertz CT molecular complexity index is 1090. The van der Waals surface area contributed by atoms with Crippen LogP contribution in [0.3, 0.4) is 0 Å². The molecule has 7 heteroatoms. The van der Waals surface area contributed by atoms with Gasteiger partial charge >= 0.3 is 0 Å². The van der Waals surface area contributed by atoms with E-state index in [4.69, 9.17) is 16.0 Å². The molecule has 27 heavy (non-hydrogen) atoms. The van der Waals surface area contributed by atoms with Gasteiger partial charge in [0, 0.05) is 16.1 Å². The molecule has 0 unspecified atom stereocenters. The molecule has 0 saturated carbocycles. The van der Waals surface area contributed by atoms with E-state index in [2.05, 4.69) is 26.2 Å². The van der Waals surface area contributed by atoms with Crippen LogP contribution in [0.1, 0.15) is 5.76 Å². The summed E-state index contributed by atoms with van der Waals surface area (Å²) in [6, 6.07) is 18.8. The van der Waals surface area contributed by atoms with Crippen LogP contribution in [0.5, 0.6) is 0 Å². The second kappa shape index (κ2) is 7.76. The normalized spacial score (nSPS) is 16.9. The largest absolute Gasteiger partial charge is 0.457 e. The van der Waals surface area contributed by atoms with Gasteiger partial charge in [-0.3, -0.25) is 4.79 Å². The summed E-state index contributed by atoms with van der Waals surface area (Å²) in [6.45, 7) is 0. The molecule has 0 spiro atoms. The van der Waals surface area contributed by atoms with E-state index in [0.29, 0.717) is 26.5 Å². The number of amidine groups is 1. The van der Waals surface area contributed by atoms with Crippen molar-refractivity contribution in [2.24, 2.45) is 4.99 Å². The van der Waals surface area contributed by atoms with Crippen molar-refractivity contribution in [3.8, 4) is 11.3 Å². The van der Waals surface area contributed by atoms with Crippen LogP contribution in [0.25, 0.3) is 17.4 Å². The maximum atomic E-state index is 12.2. The fourth-order valence-electron chi connectivity index (χ4n) is 2.49. The number of hydrogen-bond donors (Lipinski definition) is 1. The SMILES string of the molecule is O=C1NC(=Nc2ccccc2Cl)S/C1=C\c1ccc(-c2cccc(Br)c2)o1. The fraction of sp³-hybridized carbons (Fsp3) is 0. The van der Waals surface area contributed by atoms with E-state index in [1.807, 2.05) is 48.5 Å². The van der Waals surface area contributed by atoms with E-state index < -0.39 is 0 Å². The lowest BCUT2D eigenvalue weighted by Crippen LogP contribution is -2.19. The van der Waals surface area contributed by atoms with E-state index in [0.717, 1.165) is 15.8 Å². The number of hydrogen-bond acceptors (Lipinski definition) is 4. The Morgan fingerprint density at radius 2 is 1.96 bits per heavy atom. The van der Waals surface area contributed by atoms with Gasteiger partial charge in [-0.2, -0.15) is 0 Å². The molecule has 2 heterocycles. The van der Waals surface area contributed by atoms with Gasteiger partial charge in [-0.15, -0.1) is 0 Å². The van der Waals surface area contributed by atoms with E-state index in [1.165, 1.54) is 11.8 Å². The van der Waals surface area contributed by atoms with Gasteiger partial charge in [0.2, 0.25) is 0 Å². The number of carbonyl (C=O) groups excluding carboxylic acids is 1. The van der Waals surface area contributed by atoms with Crippen molar-refractivity contribution in [1.29, 1.82) is 0 Å². The molecular formula is C20H12BrClN2O2S. The van der Waals surface area contributed by atoms with E-state index in [1.54, 1.807) is 18.2 Å². The predicted octanol–water partition coefficient (Wildman–Crippen LogP) is 6.25. The van der Waals surface area contributed by atoms with Crippen molar-refractivity contribution in [3.63, 3.8) is 0 Å². The van der Waals surface area contributed by atoms with Gasteiger partial charge in [0.15, 0.2) is 5.17 Å². The minimum atomic E-state index is -0.216. The Kier molecular flexibility index (Phi) is 5.20. The minimum absolute atomic E-state index is 0.216. The minimum Gasteiger partial charge on any atom is -0.457 e. The number of furan rings is 1. The van der Waals surface area contributed by atoms with Crippen molar-refractivity contribution in [2.45, 2.75) is 0 Å². The summed E-state index contributed by atoms with van der Waals surface area (Å²) in [5, 5.41) is 3.76. The Hall–Kier alpha value is -2.28. The summed E-state index contributed by atoms with van der Waals surface area (Å²) in [4.78, 5) is 17.1. The molecule has 1 N–H and O–H groups in total. The number of benzene rings is 2. The van der Waals surface area contributed by atoms with Crippen LogP contribution in [0.15, 0.2) is 79.5 Å².